The smallest absolute Gasteiger partial charge is 0.251 e. The number of benzene rings is 1. The lowest BCUT2D eigenvalue weighted by Crippen LogP contribution is -2.27. The second kappa shape index (κ2) is 5.27. The third-order valence-electron chi connectivity index (χ3n) is 4.69. The predicted molar refractivity (Wildman–Crippen MR) is 77.4 cm³/mol. The van der Waals surface area contributed by atoms with Crippen LogP contribution in [0, 0.1) is 17.8 Å². The van der Waals surface area contributed by atoms with E-state index in [-0.39, 0.29) is 17.7 Å². The summed E-state index contributed by atoms with van der Waals surface area (Å²) in [5.41, 5.74) is 1.28. The van der Waals surface area contributed by atoms with Gasteiger partial charge in [0.15, 0.2) is 0 Å². The van der Waals surface area contributed by atoms with Gasteiger partial charge in [0, 0.05) is 24.2 Å². The van der Waals surface area contributed by atoms with Crippen molar-refractivity contribution in [2.45, 2.75) is 25.7 Å². The molecule has 0 heterocycles. The number of anilines is 1. The summed E-state index contributed by atoms with van der Waals surface area (Å²) in [7, 11) is 1.60. The van der Waals surface area contributed by atoms with Gasteiger partial charge in [-0.3, -0.25) is 9.59 Å². The van der Waals surface area contributed by atoms with E-state index in [1.165, 1.54) is 19.3 Å². The fourth-order valence-corrected chi connectivity index (χ4v) is 3.68. The molecule has 0 aliphatic heterocycles. The van der Waals surface area contributed by atoms with Crippen LogP contribution in [0.25, 0.3) is 0 Å². The van der Waals surface area contributed by atoms with Crippen molar-refractivity contribution in [2.24, 2.45) is 17.8 Å². The van der Waals surface area contributed by atoms with Crippen LogP contribution in [-0.2, 0) is 4.79 Å². The Bertz CT molecular complexity index is 541. The SMILES string of the molecule is CNC(=O)c1cccc(NC(=O)C2CC3CCC2C3)c1. The van der Waals surface area contributed by atoms with E-state index in [1.807, 2.05) is 6.07 Å². The van der Waals surface area contributed by atoms with Crippen molar-refractivity contribution >= 4 is 17.5 Å². The van der Waals surface area contributed by atoms with Gasteiger partial charge in [-0.1, -0.05) is 12.5 Å². The molecule has 1 aromatic rings. The summed E-state index contributed by atoms with van der Waals surface area (Å²) in [4.78, 5) is 23.9. The first-order chi connectivity index (χ1) is 9.67. The Morgan fingerprint density at radius 1 is 1.20 bits per heavy atom. The third-order valence-corrected chi connectivity index (χ3v) is 4.69. The van der Waals surface area contributed by atoms with E-state index in [0.29, 0.717) is 17.2 Å². The number of nitrogens with one attached hydrogen (secondary N) is 2. The maximum Gasteiger partial charge on any atom is 0.251 e. The quantitative estimate of drug-likeness (QED) is 0.887. The molecule has 2 fully saturated rings. The van der Waals surface area contributed by atoms with E-state index < -0.39 is 0 Å². The molecule has 4 heteroatoms. The molecule has 106 valence electrons. The molecule has 2 N–H and O–H groups in total. The Morgan fingerprint density at radius 3 is 2.70 bits per heavy atom. The van der Waals surface area contributed by atoms with E-state index in [9.17, 15) is 9.59 Å². The van der Waals surface area contributed by atoms with Crippen molar-refractivity contribution in [3.63, 3.8) is 0 Å². The molecule has 20 heavy (non-hydrogen) atoms. The largest absolute Gasteiger partial charge is 0.355 e. The fraction of sp³-hybridized carbons (Fsp3) is 0.500. The highest BCUT2D eigenvalue weighted by Crippen LogP contribution is 2.48. The zero-order valence-corrected chi connectivity index (χ0v) is 11.7. The topological polar surface area (TPSA) is 58.2 Å². The van der Waals surface area contributed by atoms with Gasteiger partial charge >= 0.3 is 0 Å². The zero-order chi connectivity index (χ0) is 14.1. The number of fused-ring (bicyclic) bond motifs is 2. The average Bonchev–Trinajstić information content (AvgIpc) is 3.09. The van der Waals surface area contributed by atoms with Gasteiger partial charge in [-0.05, 0) is 49.3 Å². The summed E-state index contributed by atoms with van der Waals surface area (Å²) in [6.07, 6.45) is 4.74. The molecule has 4 nitrogen and oxygen atoms in total. The summed E-state index contributed by atoms with van der Waals surface area (Å²) in [5.74, 6) is 1.47. The first-order valence-electron chi connectivity index (χ1n) is 7.30. The summed E-state index contributed by atoms with van der Waals surface area (Å²) < 4.78 is 0. The van der Waals surface area contributed by atoms with Crippen molar-refractivity contribution in [1.29, 1.82) is 0 Å². The molecular weight excluding hydrogens is 252 g/mol. The maximum absolute atomic E-state index is 12.3. The minimum Gasteiger partial charge on any atom is -0.355 e. The van der Waals surface area contributed by atoms with Gasteiger partial charge in [0.2, 0.25) is 5.91 Å². The number of hydrogen-bond donors (Lipinski definition) is 2. The zero-order valence-electron chi connectivity index (χ0n) is 11.7. The molecule has 3 atom stereocenters. The van der Waals surface area contributed by atoms with Crippen LogP contribution in [-0.4, -0.2) is 18.9 Å². The van der Waals surface area contributed by atoms with Gasteiger partial charge in [-0.15, -0.1) is 0 Å². The Labute approximate surface area is 118 Å². The molecule has 0 radical (unpaired) electrons. The minimum absolute atomic E-state index is 0.117. The molecule has 0 spiro atoms. The van der Waals surface area contributed by atoms with E-state index >= 15 is 0 Å². The number of amides is 2. The van der Waals surface area contributed by atoms with Gasteiger partial charge in [0.05, 0.1) is 0 Å². The van der Waals surface area contributed by atoms with Crippen LogP contribution < -0.4 is 10.6 Å². The molecule has 3 rings (SSSR count). The minimum atomic E-state index is -0.138. The molecule has 3 unspecified atom stereocenters. The average molecular weight is 272 g/mol. The van der Waals surface area contributed by atoms with Crippen molar-refractivity contribution in [3.05, 3.63) is 29.8 Å². The van der Waals surface area contributed by atoms with Crippen molar-refractivity contribution in [3.8, 4) is 0 Å². The molecular formula is C16H20N2O2. The Morgan fingerprint density at radius 2 is 2.05 bits per heavy atom. The molecule has 2 aliphatic rings. The molecule has 2 amide bonds. The van der Waals surface area contributed by atoms with Crippen LogP contribution in [0.4, 0.5) is 5.69 Å². The maximum atomic E-state index is 12.3. The second-order valence-corrected chi connectivity index (χ2v) is 5.93. The molecule has 0 saturated heterocycles. The Kier molecular flexibility index (Phi) is 3.47. The summed E-state index contributed by atoms with van der Waals surface area (Å²) in [6, 6.07) is 7.09. The molecule has 2 bridgehead atoms. The van der Waals surface area contributed by atoms with Gasteiger partial charge in [0.25, 0.3) is 5.91 Å². The van der Waals surface area contributed by atoms with Crippen LogP contribution in [0.1, 0.15) is 36.0 Å². The summed E-state index contributed by atoms with van der Waals surface area (Å²) >= 11 is 0. The van der Waals surface area contributed by atoms with Gasteiger partial charge in [0.1, 0.15) is 0 Å². The first kappa shape index (κ1) is 13.2. The molecule has 1 aromatic carbocycles. The van der Waals surface area contributed by atoms with Crippen LogP contribution in [0.2, 0.25) is 0 Å². The first-order valence-corrected chi connectivity index (χ1v) is 7.30. The lowest BCUT2D eigenvalue weighted by atomic mass is 9.88. The summed E-state index contributed by atoms with van der Waals surface area (Å²) in [6.45, 7) is 0. The van der Waals surface area contributed by atoms with Gasteiger partial charge < -0.3 is 10.6 Å². The highest BCUT2D eigenvalue weighted by Gasteiger charge is 2.42. The van der Waals surface area contributed by atoms with Crippen molar-refractivity contribution < 1.29 is 9.59 Å². The lowest BCUT2D eigenvalue weighted by molar-refractivity contribution is -0.121. The van der Waals surface area contributed by atoms with Crippen LogP contribution in [0.15, 0.2) is 24.3 Å². The standard InChI is InChI=1S/C16H20N2O2/c1-17-15(19)12-3-2-4-13(9-12)18-16(20)14-8-10-5-6-11(14)7-10/h2-4,9-11,14H,5-8H2,1H3,(H,17,19)(H,18,20). The predicted octanol–water partition coefficient (Wildman–Crippen LogP) is 2.42. The van der Waals surface area contributed by atoms with Crippen LogP contribution >= 0.6 is 0 Å². The summed E-state index contributed by atoms with van der Waals surface area (Å²) in [5, 5.41) is 5.56. The number of carbonyl (C=O) groups excluding carboxylic acids is 2. The van der Waals surface area contributed by atoms with Crippen LogP contribution in [0.3, 0.4) is 0 Å². The van der Waals surface area contributed by atoms with E-state index in [0.717, 1.165) is 12.3 Å². The second-order valence-electron chi connectivity index (χ2n) is 5.93. The highest BCUT2D eigenvalue weighted by atomic mass is 16.2. The molecule has 0 aromatic heterocycles. The van der Waals surface area contributed by atoms with Crippen molar-refractivity contribution in [1.82, 2.24) is 5.32 Å². The number of rotatable bonds is 3. The van der Waals surface area contributed by atoms with Crippen LogP contribution in [0.5, 0.6) is 0 Å². The number of hydrogen-bond acceptors (Lipinski definition) is 2. The number of carbonyl (C=O) groups is 2. The van der Waals surface area contributed by atoms with E-state index in [1.54, 1.807) is 25.2 Å². The van der Waals surface area contributed by atoms with Gasteiger partial charge in [-0.25, -0.2) is 0 Å². The normalized spacial score (nSPS) is 27.4. The fourth-order valence-electron chi connectivity index (χ4n) is 3.68. The van der Waals surface area contributed by atoms with Gasteiger partial charge in [-0.2, -0.15) is 0 Å². The molecule has 2 saturated carbocycles. The van der Waals surface area contributed by atoms with E-state index in [4.69, 9.17) is 0 Å². The van der Waals surface area contributed by atoms with E-state index in [2.05, 4.69) is 10.6 Å². The molecule has 2 aliphatic carbocycles. The monoisotopic (exact) mass is 272 g/mol. The third kappa shape index (κ3) is 2.42. The Hall–Kier alpha value is -1.84. The highest BCUT2D eigenvalue weighted by molar-refractivity contribution is 5.97. The van der Waals surface area contributed by atoms with Crippen molar-refractivity contribution in [2.75, 3.05) is 12.4 Å². The Balaban J connectivity index is 1.68. The lowest BCUT2D eigenvalue weighted by Gasteiger charge is -2.20.